The number of rotatable bonds is 3. The van der Waals surface area contributed by atoms with Gasteiger partial charge in [0.05, 0.1) is 11.9 Å². The molecule has 0 radical (unpaired) electrons. The maximum atomic E-state index is 5.49. The Morgan fingerprint density at radius 1 is 1.50 bits per heavy atom. The number of nitrogens with one attached hydrogen (secondary N) is 1. The molecule has 0 aliphatic carbocycles. The molecule has 5 nitrogen and oxygen atoms in total. The third-order valence-electron chi connectivity index (χ3n) is 1.79. The Kier molecular flexibility index (Phi) is 2.42. The molecule has 0 amide bonds. The van der Waals surface area contributed by atoms with Gasteiger partial charge in [-0.2, -0.15) is 0 Å². The fourth-order valence-corrected chi connectivity index (χ4v) is 1.08. The molecule has 0 saturated carbocycles. The van der Waals surface area contributed by atoms with Crippen molar-refractivity contribution in [1.29, 1.82) is 0 Å². The van der Waals surface area contributed by atoms with Gasteiger partial charge in [0, 0.05) is 18.3 Å². The van der Waals surface area contributed by atoms with Crippen LogP contribution in [-0.4, -0.2) is 10.1 Å². The lowest BCUT2D eigenvalue weighted by Gasteiger charge is -2.01. The molecule has 0 bridgehead atoms. The van der Waals surface area contributed by atoms with Crippen molar-refractivity contribution in [3.63, 3.8) is 0 Å². The van der Waals surface area contributed by atoms with Crippen molar-refractivity contribution in [3.8, 4) is 0 Å². The zero-order valence-corrected chi connectivity index (χ0v) is 7.47. The second-order valence-corrected chi connectivity index (χ2v) is 2.76. The number of nitrogens with two attached hydrogens (primary N) is 1. The third-order valence-corrected chi connectivity index (χ3v) is 1.79. The molecule has 0 spiro atoms. The van der Waals surface area contributed by atoms with Crippen LogP contribution in [-0.2, 0) is 6.54 Å². The first-order valence-electron chi connectivity index (χ1n) is 4.20. The van der Waals surface area contributed by atoms with Crippen molar-refractivity contribution >= 4 is 11.5 Å². The molecule has 0 unspecified atom stereocenters. The van der Waals surface area contributed by atoms with Crippen molar-refractivity contribution in [1.82, 2.24) is 10.1 Å². The number of hydrogen-bond acceptors (Lipinski definition) is 5. The summed E-state index contributed by atoms with van der Waals surface area (Å²) in [5.41, 5.74) is 7.19. The van der Waals surface area contributed by atoms with Gasteiger partial charge in [0.25, 0.3) is 0 Å². The first kappa shape index (κ1) is 8.71. The van der Waals surface area contributed by atoms with Gasteiger partial charge in [-0.25, -0.2) is 0 Å². The average molecular weight is 190 g/mol. The second kappa shape index (κ2) is 3.89. The van der Waals surface area contributed by atoms with Crippen LogP contribution in [0.1, 0.15) is 5.56 Å². The fourth-order valence-electron chi connectivity index (χ4n) is 1.08. The molecule has 2 aromatic heterocycles. The Balaban J connectivity index is 2.19. The SMILES string of the molecule is NCc1conc1Nc1cccnc1. The van der Waals surface area contributed by atoms with E-state index in [1.165, 1.54) is 6.26 Å². The van der Waals surface area contributed by atoms with Crippen LogP contribution < -0.4 is 11.1 Å². The molecular weight excluding hydrogens is 180 g/mol. The molecular formula is C9H10N4O. The van der Waals surface area contributed by atoms with Gasteiger partial charge in [0.2, 0.25) is 0 Å². The molecule has 5 heteroatoms. The van der Waals surface area contributed by atoms with E-state index in [0.29, 0.717) is 12.4 Å². The van der Waals surface area contributed by atoms with Gasteiger partial charge in [0.15, 0.2) is 5.82 Å². The van der Waals surface area contributed by atoms with E-state index in [4.69, 9.17) is 10.3 Å². The van der Waals surface area contributed by atoms with Crippen LogP contribution in [0, 0.1) is 0 Å². The van der Waals surface area contributed by atoms with Gasteiger partial charge in [-0.05, 0) is 12.1 Å². The summed E-state index contributed by atoms with van der Waals surface area (Å²) in [6.45, 7) is 0.395. The molecule has 0 aliphatic rings. The summed E-state index contributed by atoms with van der Waals surface area (Å²) in [7, 11) is 0. The first-order valence-corrected chi connectivity index (χ1v) is 4.20. The summed E-state index contributed by atoms with van der Waals surface area (Å²) in [5, 5.41) is 6.84. The molecule has 2 rings (SSSR count). The highest BCUT2D eigenvalue weighted by Crippen LogP contribution is 2.17. The zero-order valence-electron chi connectivity index (χ0n) is 7.47. The van der Waals surface area contributed by atoms with Crippen LogP contribution >= 0.6 is 0 Å². The van der Waals surface area contributed by atoms with E-state index < -0.39 is 0 Å². The Labute approximate surface area is 80.9 Å². The van der Waals surface area contributed by atoms with E-state index in [1.807, 2.05) is 12.1 Å². The quantitative estimate of drug-likeness (QED) is 0.762. The molecule has 2 aromatic rings. The molecule has 2 heterocycles. The maximum Gasteiger partial charge on any atom is 0.178 e. The maximum absolute atomic E-state index is 5.49. The lowest BCUT2D eigenvalue weighted by atomic mass is 10.3. The van der Waals surface area contributed by atoms with Gasteiger partial charge < -0.3 is 15.6 Å². The van der Waals surface area contributed by atoms with Crippen molar-refractivity contribution in [2.75, 3.05) is 5.32 Å². The minimum atomic E-state index is 0.395. The molecule has 0 aromatic carbocycles. The molecule has 72 valence electrons. The topological polar surface area (TPSA) is 77.0 Å². The Morgan fingerprint density at radius 3 is 3.14 bits per heavy atom. The van der Waals surface area contributed by atoms with Crippen molar-refractivity contribution in [2.45, 2.75) is 6.54 Å². The highest BCUT2D eigenvalue weighted by Gasteiger charge is 2.05. The van der Waals surface area contributed by atoms with E-state index >= 15 is 0 Å². The first-order chi connectivity index (χ1) is 6.90. The summed E-state index contributed by atoms with van der Waals surface area (Å²) < 4.78 is 4.80. The van der Waals surface area contributed by atoms with E-state index in [9.17, 15) is 0 Å². The standard InChI is InChI=1S/C9H10N4O/c10-4-7-6-14-13-9(7)12-8-2-1-3-11-5-8/h1-3,5-6H,4,10H2,(H,12,13). The highest BCUT2D eigenvalue weighted by molar-refractivity contribution is 5.57. The van der Waals surface area contributed by atoms with Crippen LogP contribution in [0.3, 0.4) is 0 Å². The largest absolute Gasteiger partial charge is 0.362 e. The molecule has 14 heavy (non-hydrogen) atoms. The average Bonchev–Trinajstić information content (AvgIpc) is 2.67. The molecule has 3 N–H and O–H groups in total. The second-order valence-electron chi connectivity index (χ2n) is 2.76. The minimum absolute atomic E-state index is 0.395. The van der Waals surface area contributed by atoms with Crippen LogP contribution in [0.4, 0.5) is 11.5 Å². The summed E-state index contributed by atoms with van der Waals surface area (Å²) >= 11 is 0. The predicted molar refractivity (Wildman–Crippen MR) is 51.9 cm³/mol. The normalized spacial score (nSPS) is 10.1. The summed E-state index contributed by atoms with van der Waals surface area (Å²) in [4.78, 5) is 3.97. The van der Waals surface area contributed by atoms with Crippen LogP contribution in [0.5, 0.6) is 0 Å². The monoisotopic (exact) mass is 190 g/mol. The minimum Gasteiger partial charge on any atom is -0.362 e. The summed E-state index contributed by atoms with van der Waals surface area (Å²) in [5.74, 6) is 0.639. The molecule has 0 fully saturated rings. The van der Waals surface area contributed by atoms with E-state index in [-0.39, 0.29) is 0 Å². The van der Waals surface area contributed by atoms with Gasteiger partial charge >= 0.3 is 0 Å². The van der Waals surface area contributed by atoms with Crippen LogP contribution in [0.2, 0.25) is 0 Å². The number of anilines is 2. The summed E-state index contributed by atoms with van der Waals surface area (Å²) in [6, 6.07) is 3.73. The molecule has 0 saturated heterocycles. The summed E-state index contributed by atoms with van der Waals surface area (Å²) in [6.07, 6.45) is 4.94. The van der Waals surface area contributed by atoms with E-state index in [0.717, 1.165) is 11.3 Å². The van der Waals surface area contributed by atoms with Gasteiger partial charge in [-0.3, -0.25) is 4.98 Å². The van der Waals surface area contributed by atoms with Crippen molar-refractivity contribution in [3.05, 3.63) is 36.4 Å². The van der Waals surface area contributed by atoms with Crippen LogP contribution in [0.25, 0.3) is 0 Å². The Morgan fingerprint density at radius 2 is 2.43 bits per heavy atom. The zero-order chi connectivity index (χ0) is 9.80. The van der Waals surface area contributed by atoms with Gasteiger partial charge in [0.1, 0.15) is 6.26 Å². The lowest BCUT2D eigenvalue weighted by Crippen LogP contribution is -2.00. The predicted octanol–water partition coefficient (Wildman–Crippen LogP) is 1.27. The fraction of sp³-hybridized carbons (Fsp3) is 0.111. The molecule has 0 aliphatic heterocycles. The number of aromatic nitrogens is 2. The van der Waals surface area contributed by atoms with E-state index in [1.54, 1.807) is 12.4 Å². The van der Waals surface area contributed by atoms with Crippen molar-refractivity contribution < 1.29 is 4.52 Å². The Bertz CT molecular complexity index is 398. The number of nitrogens with zero attached hydrogens (tertiary/aromatic N) is 2. The highest BCUT2D eigenvalue weighted by atomic mass is 16.5. The van der Waals surface area contributed by atoms with Gasteiger partial charge in [-0.15, -0.1) is 0 Å². The van der Waals surface area contributed by atoms with Gasteiger partial charge in [-0.1, -0.05) is 5.16 Å². The number of hydrogen-bond donors (Lipinski definition) is 2. The van der Waals surface area contributed by atoms with Crippen LogP contribution in [0.15, 0.2) is 35.3 Å². The van der Waals surface area contributed by atoms with Crippen molar-refractivity contribution in [2.24, 2.45) is 5.73 Å². The Hall–Kier alpha value is -1.88. The third kappa shape index (κ3) is 1.72. The smallest absolute Gasteiger partial charge is 0.178 e. The number of pyridine rings is 1. The molecule has 0 atom stereocenters. The van der Waals surface area contributed by atoms with E-state index in [2.05, 4.69) is 15.5 Å². The lowest BCUT2D eigenvalue weighted by molar-refractivity contribution is 0.422.